The summed E-state index contributed by atoms with van der Waals surface area (Å²) >= 11 is 10.7. The van der Waals surface area contributed by atoms with Crippen LogP contribution in [0.5, 0.6) is 0 Å². The van der Waals surface area contributed by atoms with Crippen molar-refractivity contribution in [3.05, 3.63) is 168 Å². The topological polar surface area (TPSA) is 199 Å². The summed E-state index contributed by atoms with van der Waals surface area (Å²) in [4.78, 5) is 25.1. The van der Waals surface area contributed by atoms with Crippen LogP contribution in [-0.4, -0.2) is 39.1 Å². The lowest BCUT2D eigenvalue weighted by molar-refractivity contribution is 0.255. The molecule has 18 heteroatoms. The number of carbonyl (C=O) groups excluding carboxylic acids is 2. The molecule has 61 heavy (non-hydrogen) atoms. The molecule has 0 radical (unpaired) electrons. The normalized spacial score (nSPS) is 11.0. The molecule has 0 bridgehead atoms. The predicted octanol–water partition coefficient (Wildman–Crippen LogP) is 8.53. The average molecular weight is 893 g/mol. The summed E-state index contributed by atoms with van der Waals surface area (Å²) in [7, 11) is -8.46. The Labute approximate surface area is 364 Å². The van der Waals surface area contributed by atoms with Gasteiger partial charge in [0.15, 0.2) is 10.2 Å². The predicted molar refractivity (Wildman–Crippen MR) is 249 cm³/mol. The minimum atomic E-state index is -4.23. The van der Waals surface area contributed by atoms with Crippen LogP contribution in [0.3, 0.4) is 0 Å². The maximum atomic E-state index is 13.0. The lowest BCUT2D eigenvalue weighted by Crippen LogP contribution is -2.34. The highest BCUT2D eigenvalue weighted by Crippen LogP contribution is 2.20. The number of urea groups is 2. The van der Waals surface area contributed by atoms with Crippen molar-refractivity contribution < 1.29 is 26.4 Å². The number of benzene rings is 6. The summed E-state index contributed by atoms with van der Waals surface area (Å²) in [5, 5.41) is 17.6. The van der Waals surface area contributed by atoms with Crippen LogP contribution in [0.25, 0.3) is 0 Å². The molecule has 0 saturated carbocycles. The summed E-state index contributed by atoms with van der Waals surface area (Å²) in [6, 6.07) is 38.7. The second kappa shape index (κ2) is 19.5. The lowest BCUT2D eigenvalue weighted by Gasteiger charge is -2.13. The van der Waals surface area contributed by atoms with E-state index in [1.54, 1.807) is 60.7 Å². The molecule has 8 N–H and O–H groups in total. The number of anilines is 6. The Balaban J connectivity index is 0.957. The van der Waals surface area contributed by atoms with Gasteiger partial charge in [0.1, 0.15) is 0 Å². The van der Waals surface area contributed by atoms with Gasteiger partial charge in [-0.3, -0.25) is 0 Å². The molecule has 6 aromatic carbocycles. The van der Waals surface area contributed by atoms with Crippen LogP contribution in [0.4, 0.5) is 43.7 Å². The molecule has 0 heterocycles. The number of amides is 4. The van der Waals surface area contributed by atoms with E-state index < -0.39 is 32.1 Å². The van der Waals surface area contributed by atoms with Gasteiger partial charge in [0.25, 0.3) is 20.0 Å². The number of thiocarbonyl (C=S) groups is 2. The summed E-state index contributed by atoms with van der Waals surface area (Å²) in [5.74, 6) is 0. The maximum Gasteiger partial charge on any atom is 0.333 e. The minimum absolute atomic E-state index is 0.142. The van der Waals surface area contributed by atoms with E-state index in [1.807, 2.05) is 71.8 Å². The first-order chi connectivity index (χ1) is 29.1. The molecule has 0 unspecified atom stereocenters. The third-order valence-electron chi connectivity index (χ3n) is 8.71. The van der Waals surface area contributed by atoms with Crippen LogP contribution in [0, 0.1) is 13.8 Å². The molecule has 0 aliphatic heterocycles. The fraction of sp³-hybridized carbons (Fsp3) is 0.0698. The second-order valence-corrected chi connectivity index (χ2v) is 17.8. The van der Waals surface area contributed by atoms with Gasteiger partial charge in [0.2, 0.25) is 0 Å². The van der Waals surface area contributed by atoms with Gasteiger partial charge in [0, 0.05) is 34.1 Å². The molecular formula is C43H40N8O6S4. The fourth-order valence-electron chi connectivity index (χ4n) is 5.67. The number of carbonyl (C=O) groups is 2. The van der Waals surface area contributed by atoms with Crippen molar-refractivity contribution in [3.63, 3.8) is 0 Å². The van der Waals surface area contributed by atoms with E-state index in [2.05, 4.69) is 31.9 Å². The van der Waals surface area contributed by atoms with E-state index in [1.165, 1.54) is 36.4 Å². The summed E-state index contributed by atoms with van der Waals surface area (Å²) in [6.07, 6.45) is 0.490. The molecular weight excluding hydrogens is 853 g/mol. The van der Waals surface area contributed by atoms with Gasteiger partial charge in [-0.05, 0) is 141 Å². The first kappa shape index (κ1) is 43.7. The number of sulfonamides is 2. The standard InChI is InChI=1S/C43H40N8O6S4/c1-28-9-17-34(18-10-28)46-42(58)48-36-5-3-7-38(26-36)60(54,55)50-40(52)44-32-21-13-30(14-22-32)25-31-15-23-33(24-16-31)45-41(53)51-61(56,57)39-8-4-6-37(27-39)49-43(59)47-35-19-11-29(2)12-20-35/h3-24,26-27H,25H2,1-2H3,(H2,44,50,52)(H2,45,51,53)(H2,46,48,58)(H2,47,49,59). The van der Waals surface area contributed by atoms with Gasteiger partial charge in [-0.1, -0.05) is 71.8 Å². The first-order valence-electron chi connectivity index (χ1n) is 18.4. The monoisotopic (exact) mass is 892 g/mol. The van der Waals surface area contributed by atoms with E-state index in [9.17, 15) is 26.4 Å². The van der Waals surface area contributed by atoms with E-state index in [0.717, 1.165) is 33.6 Å². The average Bonchev–Trinajstić information content (AvgIpc) is 3.21. The highest BCUT2D eigenvalue weighted by molar-refractivity contribution is 7.90. The second-order valence-electron chi connectivity index (χ2n) is 13.6. The molecule has 6 aromatic rings. The highest BCUT2D eigenvalue weighted by Gasteiger charge is 2.20. The SMILES string of the molecule is Cc1ccc(NC(=S)Nc2cccc(S(=O)(=O)NC(=O)Nc3ccc(Cc4ccc(NC(=O)NS(=O)(=O)c5cccc(NC(=S)Nc6ccc(C)cc6)c5)cc4)cc3)c2)cc1. The molecule has 0 saturated heterocycles. The zero-order valence-electron chi connectivity index (χ0n) is 32.6. The Morgan fingerprint density at radius 3 is 1.10 bits per heavy atom. The van der Waals surface area contributed by atoms with Crippen LogP contribution in [-0.2, 0) is 26.5 Å². The van der Waals surface area contributed by atoms with Crippen molar-refractivity contribution in [2.24, 2.45) is 0 Å². The fourth-order valence-corrected chi connectivity index (χ4v) is 8.04. The van der Waals surface area contributed by atoms with Gasteiger partial charge in [-0.15, -0.1) is 0 Å². The van der Waals surface area contributed by atoms with Crippen molar-refractivity contribution in [2.45, 2.75) is 30.1 Å². The third-order valence-corrected chi connectivity index (χ3v) is 11.8. The largest absolute Gasteiger partial charge is 0.333 e. The molecule has 0 spiro atoms. The van der Waals surface area contributed by atoms with Crippen LogP contribution >= 0.6 is 24.4 Å². The Bertz CT molecular complexity index is 2590. The Morgan fingerprint density at radius 2 is 0.738 bits per heavy atom. The number of hydrogen-bond acceptors (Lipinski definition) is 8. The summed E-state index contributed by atoms with van der Waals surface area (Å²) in [5.41, 5.74) is 7.03. The molecule has 6 rings (SSSR count). The van der Waals surface area contributed by atoms with Gasteiger partial charge in [0.05, 0.1) is 9.79 Å². The van der Waals surface area contributed by atoms with Crippen molar-refractivity contribution in [1.29, 1.82) is 0 Å². The summed E-state index contributed by atoms with van der Waals surface area (Å²) < 4.78 is 56.2. The van der Waals surface area contributed by atoms with E-state index >= 15 is 0 Å². The first-order valence-corrected chi connectivity index (χ1v) is 22.2. The lowest BCUT2D eigenvalue weighted by atomic mass is 10.0. The Hall–Kier alpha value is -6.86. The molecule has 0 atom stereocenters. The molecule has 4 amide bonds. The van der Waals surface area contributed by atoms with Crippen molar-refractivity contribution in [3.8, 4) is 0 Å². The number of rotatable bonds is 12. The van der Waals surface area contributed by atoms with E-state index in [4.69, 9.17) is 24.4 Å². The number of aryl methyl sites for hydroxylation is 2. The zero-order valence-corrected chi connectivity index (χ0v) is 35.9. The quantitative estimate of drug-likeness (QED) is 0.0546. The maximum absolute atomic E-state index is 13.0. The zero-order chi connectivity index (χ0) is 43.6. The van der Waals surface area contributed by atoms with Crippen LogP contribution in [0.1, 0.15) is 22.3 Å². The highest BCUT2D eigenvalue weighted by atomic mass is 32.2. The van der Waals surface area contributed by atoms with Gasteiger partial charge in [-0.2, -0.15) is 0 Å². The molecule has 0 aliphatic rings. The molecule has 14 nitrogen and oxygen atoms in total. The van der Waals surface area contributed by atoms with Gasteiger partial charge in [-0.25, -0.2) is 35.9 Å². The minimum Gasteiger partial charge on any atom is -0.332 e. The molecule has 0 fully saturated rings. The van der Waals surface area contributed by atoms with Crippen molar-refractivity contribution >= 4 is 101 Å². The third kappa shape index (κ3) is 13.1. The van der Waals surface area contributed by atoms with E-state index in [0.29, 0.717) is 29.2 Å². The van der Waals surface area contributed by atoms with E-state index in [-0.39, 0.29) is 20.0 Å². The van der Waals surface area contributed by atoms with Gasteiger partial charge >= 0.3 is 12.1 Å². The van der Waals surface area contributed by atoms with Gasteiger partial charge < -0.3 is 31.9 Å². The molecule has 0 aromatic heterocycles. The van der Waals surface area contributed by atoms with Crippen LogP contribution < -0.4 is 41.3 Å². The Kier molecular flexibility index (Phi) is 14.0. The number of hydrogen-bond donors (Lipinski definition) is 8. The number of nitrogens with one attached hydrogen (secondary N) is 8. The van der Waals surface area contributed by atoms with Crippen molar-refractivity contribution in [1.82, 2.24) is 9.44 Å². The molecule has 312 valence electrons. The van der Waals surface area contributed by atoms with Crippen LogP contribution in [0.2, 0.25) is 0 Å². The summed E-state index contributed by atoms with van der Waals surface area (Å²) in [6.45, 7) is 3.94. The molecule has 0 aliphatic carbocycles. The van der Waals surface area contributed by atoms with Crippen molar-refractivity contribution in [2.75, 3.05) is 31.9 Å². The smallest absolute Gasteiger partial charge is 0.332 e. The van der Waals surface area contributed by atoms with Crippen LogP contribution in [0.15, 0.2) is 155 Å². The Morgan fingerprint density at radius 1 is 0.426 bits per heavy atom.